The highest BCUT2D eigenvalue weighted by Gasteiger charge is 2.25. The molecule has 3 aromatic rings. The highest BCUT2D eigenvalue weighted by molar-refractivity contribution is 8.00. The minimum Gasteiger partial charge on any atom is -0.480 e. The summed E-state index contributed by atoms with van der Waals surface area (Å²) in [5.41, 5.74) is 3.31. The summed E-state index contributed by atoms with van der Waals surface area (Å²) in [5.74, 6) is -2.01. The molecule has 0 radical (unpaired) electrons. The van der Waals surface area contributed by atoms with Gasteiger partial charge in [0.05, 0.1) is 5.56 Å². The van der Waals surface area contributed by atoms with Crippen molar-refractivity contribution in [2.24, 2.45) is 0 Å². The molecule has 0 aliphatic heterocycles. The average molecular weight is 477 g/mol. The van der Waals surface area contributed by atoms with Crippen LogP contribution in [0.3, 0.4) is 0 Å². The second kappa shape index (κ2) is 13.6. The topological polar surface area (TPSA) is 74.6 Å². The fourth-order valence-corrected chi connectivity index (χ4v) is 5.29. The van der Waals surface area contributed by atoms with Gasteiger partial charge in [-0.05, 0) is 54.5 Å². The molecule has 0 spiro atoms. The first-order valence-electron chi connectivity index (χ1n) is 11.9. The molecule has 0 aliphatic carbocycles. The number of aromatic carboxylic acids is 1. The molecule has 34 heavy (non-hydrogen) atoms. The lowest BCUT2D eigenvalue weighted by atomic mass is 9.98. The van der Waals surface area contributed by atoms with Crippen molar-refractivity contribution in [1.29, 1.82) is 0 Å². The number of carboxylic acids is 2. The Kier molecular flexibility index (Phi) is 10.2. The van der Waals surface area contributed by atoms with Crippen molar-refractivity contribution in [2.45, 2.75) is 61.5 Å². The van der Waals surface area contributed by atoms with Crippen molar-refractivity contribution < 1.29 is 19.8 Å². The van der Waals surface area contributed by atoms with Gasteiger partial charge in [0.15, 0.2) is 0 Å². The van der Waals surface area contributed by atoms with Crippen LogP contribution in [0, 0.1) is 0 Å². The molecule has 1 atom stereocenters. The maximum Gasteiger partial charge on any atom is 0.336 e. The van der Waals surface area contributed by atoms with Gasteiger partial charge in [-0.25, -0.2) is 4.79 Å². The first-order chi connectivity index (χ1) is 16.6. The van der Waals surface area contributed by atoms with E-state index >= 15 is 0 Å². The van der Waals surface area contributed by atoms with Gasteiger partial charge in [-0.15, -0.1) is 11.8 Å². The second-order valence-corrected chi connectivity index (χ2v) is 9.59. The van der Waals surface area contributed by atoms with Crippen LogP contribution in [-0.2, 0) is 17.6 Å². The maximum atomic E-state index is 12.1. The van der Waals surface area contributed by atoms with Gasteiger partial charge < -0.3 is 10.2 Å². The number of carboxylic acid groups (broad SMARTS) is 2. The van der Waals surface area contributed by atoms with Gasteiger partial charge in [-0.1, -0.05) is 92.4 Å². The second-order valence-electron chi connectivity index (χ2n) is 8.44. The number of benzene rings is 3. The molecular weight excluding hydrogens is 444 g/mol. The first kappa shape index (κ1) is 25.6. The summed E-state index contributed by atoms with van der Waals surface area (Å²) < 4.78 is 0. The van der Waals surface area contributed by atoms with E-state index in [0.717, 1.165) is 48.6 Å². The minimum atomic E-state index is -1.05. The third-order valence-corrected chi connectivity index (χ3v) is 7.23. The van der Waals surface area contributed by atoms with E-state index in [9.17, 15) is 19.8 Å². The quantitative estimate of drug-likeness (QED) is 0.187. The fourth-order valence-electron chi connectivity index (χ4n) is 4.13. The van der Waals surface area contributed by atoms with E-state index in [1.807, 2.05) is 30.3 Å². The standard InChI is InChI=1S/C29H32O4S/c30-28(31)25-20-12-13-21-26(25)34-27(29(32)33)24-19-11-10-18-23(24)17-9-4-2-1-3-6-14-22-15-7-5-8-16-22/h5,7-8,10-13,15-16,18-21,27H,1-4,6,9,14,17H2,(H,30,31)(H,32,33). The van der Waals surface area contributed by atoms with Crippen molar-refractivity contribution in [3.63, 3.8) is 0 Å². The Bertz CT molecular complexity index is 1060. The largest absolute Gasteiger partial charge is 0.480 e. The van der Waals surface area contributed by atoms with E-state index in [2.05, 4.69) is 24.3 Å². The normalized spacial score (nSPS) is 11.8. The van der Waals surface area contributed by atoms with Crippen molar-refractivity contribution in [3.8, 4) is 0 Å². The summed E-state index contributed by atoms with van der Waals surface area (Å²) in [6.45, 7) is 0. The molecule has 3 rings (SSSR count). The molecule has 0 bridgehead atoms. The van der Waals surface area contributed by atoms with E-state index < -0.39 is 17.2 Å². The summed E-state index contributed by atoms with van der Waals surface area (Å²) in [7, 11) is 0. The van der Waals surface area contributed by atoms with Crippen LogP contribution in [0.15, 0.2) is 83.8 Å². The molecule has 1 unspecified atom stereocenters. The van der Waals surface area contributed by atoms with Crippen LogP contribution in [0.1, 0.15) is 70.8 Å². The maximum absolute atomic E-state index is 12.1. The number of aryl methyl sites for hydroxylation is 2. The molecule has 178 valence electrons. The number of hydrogen-bond donors (Lipinski definition) is 2. The average Bonchev–Trinajstić information content (AvgIpc) is 2.85. The third-order valence-electron chi connectivity index (χ3n) is 5.93. The summed E-state index contributed by atoms with van der Waals surface area (Å²) in [4.78, 5) is 24.2. The van der Waals surface area contributed by atoms with Crippen LogP contribution in [0.25, 0.3) is 0 Å². The van der Waals surface area contributed by atoms with E-state index in [1.54, 1.807) is 18.2 Å². The molecule has 0 fully saturated rings. The van der Waals surface area contributed by atoms with Gasteiger partial charge >= 0.3 is 11.9 Å². The third kappa shape index (κ3) is 7.77. The smallest absolute Gasteiger partial charge is 0.336 e. The van der Waals surface area contributed by atoms with Crippen molar-refractivity contribution >= 4 is 23.7 Å². The predicted octanol–water partition coefficient (Wildman–Crippen LogP) is 7.43. The van der Waals surface area contributed by atoms with Crippen LogP contribution in [0.5, 0.6) is 0 Å². The van der Waals surface area contributed by atoms with Gasteiger partial charge in [0, 0.05) is 4.90 Å². The zero-order valence-corrected chi connectivity index (χ0v) is 20.2. The Morgan fingerprint density at radius 1 is 0.676 bits per heavy atom. The number of aliphatic carboxylic acids is 1. The Balaban J connectivity index is 1.51. The lowest BCUT2D eigenvalue weighted by molar-refractivity contribution is -0.136. The Hall–Kier alpha value is -3.05. The predicted molar refractivity (Wildman–Crippen MR) is 138 cm³/mol. The Morgan fingerprint density at radius 3 is 1.97 bits per heavy atom. The minimum absolute atomic E-state index is 0.128. The lowest BCUT2D eigenvalue weighted by Crippen LogP contribution is -2.11. The van der Waals surface area contributed by atoms with E-state index in [1.165, 1.54) is 37.3 Å². The number of carbonyl (C=O) groups is 2. The zero-order chi connectivity index (χ0) is 24.2. The Labute approximate surface area is 206 Å². The van der Waals surface area contributed by atoms with Gasteiger partial charge in [-0.3, -0.25) is 4.79 Å². The van der Waals surface area contributed by atoms with Gasteiger partial charge in [-0.2, -0.15) is 0 Å². The molecule has 2 N–H and O–H groups in total. The lowest BCUT2D eigenvalue weighted by Gasteiger charge is -2.18. The summed E-state index contributed by atoms with van der Waals surface area (Å²) in [6, 6.07) is 24.8. The van der Waals surface area contributed by atoms with E-state index in [4.69, 9.17) is 0 Å². The van der Waals surface area contributed by atoms with Crippen molar-refractivity contribution in [3.05, 3.63) is 101 Å². The van der Waals surface area contributed by atoms with Crippen LogP contribution in [0.4, 0.5) is 0 Å². The molecule has 0 aliphatic rings. The van der Waals surface area contributed by atoms with Crippen LogP contribution < -0.4 is 0 Å². The number of hydrogen-bond acceptors (Lipinski definition) is 3. The molecule has 0 heterocycles. The first-order valence-corrected chi connectivity index (χ1v) is 12.8. The monoisotopic (exact) mass is 476 g/mol. The van der Waals surface area contributed by atoms with Crippen LogP contribution >= 0.6 is 11.8 Å². The molecule has 0 aromatic heterocycles. The van der Waals surface area contributed by atoms with Gasteiger partial charge in [0.2, 0.25) is 0 Å². The Morgan fingerprint density at radius 2 is 1.26 bits per heavy atom. The fraction of sp³-hybridized carbons (Fsp3) is 0.310. The molecule has 0 amide bonds. The van der Waals surface area contributed by atoms with Gasteiger partial charge in [0.25, 0.3) is 0 Å². The highest BCUT2D eigenvalue weighted by atomic mass is 32.2. The van der Waals surface area contributed by atoms with E-state index in [0.29, 0.717) is 4.90 Å². The number of unbranched alkanes of at least 4 members (excludes halogenated alkanes) is 5. The number of thioether (sulfide) groups is 1. The van der Waals surface area contributed by atoms with Crippen LogP contribution in [-0.4, -0.2) is 22.2 Å². The SMILES string of the molecule is O=C(O)c1ccccc1SC(C(=O)O)c1ccccc1CCCCCCCCc1ccccc1. The van der Waals surface area contributed by atoms with Crippen molar-refractivity contribution in [2.75, 3.05) is 0 Å². The highest BCUT2D eigenvalue weighted by Crippen LogP contribution is 2.39. The zero-order valence-electron chi connectivity index (χ0n) is 19.4. The molecule has 5 heteroatoms. The summed E-state index contributed by atoms with van der Waals surface area (Å²) in [6.07, 6.45) is 8.92. The summed E-state index contributed by atoms with van der Waals surface area (Å²) in [5, 5.41) is 18.6. The van der Waals surface area contributed by atoms with Crippen molar-refractivity contribution in [1.82, 2.24) is 0 Å². The molecule has 3 aromatic carbocycles. The van der Waals surface area contributed by atoms with Crippen LogP contribution in [0.2, 0.25) is 0 Å². The van der Waals surface area contributed by atoms with Gasteiger partial charge in [0.1, 0.15) is 5.25 Å². The molecular formula is C29H32O4S. The molecule has 4 nitrogen and oxygen atoms in total. The molecule has 0 saturated heterocycles. The molecule has 0 saturated carbocycles. The van der Waals surface area contributed by atoms with E-state index in [-0.39, 0.29) is 5.56 Å². The number of rotatable bonds is 14. The summed E-state index contributed by atoms with van der Waals surface area (Å²) >= 11 is 1.09.